The molecule has 1 atom stereocenters. The van der Waals surface area contributed by atoms with Gasteiger partial charge in [0.2, 0.25) is 5.91 Å². The van der Waals surface area contributed by atoms with Crippen LogP contribution in [0.3, 0.4) is 0 Å². The zero-order chi connectivity index (χ0) is 17.1. The van der Waals surface area contributed by atoms with Gasteiger partial charge in [-0.1, -0.05) is 17.3 Å². The van der Waals surface area contributed by atoms with E-state index in [4.69, 9.17) is 0 Å². The normalized spacial score (nSPS) is 17.9. The summed E-state index contributed by atoms with van der Waals surface area (Å²) < 4.78 is 1.82. The number of piperidine rings is 1. The summed E-state index contributed by atoms with van der Waals surface area (Å²) >= 11 is 0. The van der Waals surface area contributed by atoms with Crippen LogP contribution < -0.4 is 0 Å². The number of carbonyl (C=O) groups is 1. The van der Waals surface area contributed by atoms with E-state index < -0.39 is 0 Å². The topological polar surface area (TPSA) is 79.7 Å². The highest BCUT2D eigenvalue weighted by atomic mass is 16.2. The second kappa shape index (κ2) is 7.04. The van der Waals surface area contributed by atoms with Crippen molar-refractivity contribution in [1.29, 1.82) is 0 Å². The molecule has 1 unspecified atom stereocenters. The van der Waals surface area contributed by atoms with Gasteiger partial charge in [0.25, 0.3) is 0 Å². The average molecular weight is 338 g/mol. The molecule has 7 nitrogen and oxygen atoms in total. The molecule has 1 saturated heterocycles. The molecule has 0 bridgehead atoms. The minimum absolute atomic E-state index is 0.203. The summed E-state index contributed by atoms with van der Waals surface area (Å²) in [6, 6.07) is 9.85. The molecule has 0 radical (unpaired) electrons. The molecule has 25 heavy (non-hydrogen) atoms. The average Bonchev–Trinajstić information content (AvgIpc) is 3.30. The molecule has 1 amide bonds. The number of H-pyrrole nitrogens is 1. The second-order valence-corrected chi connectivity index (χ2v) is 6.69. The quantitative estimate of drug-likeness (QED) is 0.772. The first-order valence-corrected chi connectivity index (χ1v) is 8.84. The number of hydrogen-bond acceptors (Lipinski definition) is 4. The van der Waals surface area contributed by atoms with E-state index >= 15 is 0 Å². The summed E-state index contributed by atoms with van der Waals surface area (Å²) in [5.74, 6) is 0.708. The van der Waals surface area contributed by atoms with Crippen molar-refractivity contribution in [3.8, 4) is 0 Å². The van der Waals surface area contributed by atoms with Crippen LogP contribution in [0, 0.1) is 5.92 Å². The van der Waals surface area contributed by atoms with Gasteiger partial charge in [-0.05, 0) is 43.4 Å². The number of carbonyl (C=O) groups excluding carboxylic acids is 1. The number of fused-ring (bicyclic) bond motifs is 1. The Hall–Kier alpha value is -2.70. The first kappa shape index (κ1) is 15.8. The zero-order valence-corrected chi connectivity index (χ0v) is 14.1. The van der Waals surface area contributed by atoms with E-state index in [1.165, 1.54) is 0 Å². The predicted molar refractivity (Wildman–Crippen MR) is 93.7 cm³/mol. The molecule has 3 aromatic rings. The minimum Gasteiger partial charge on any atom is -0.342 e. The third-order valence-electron chi connectivity index (χ3n) is 4.90. The second-order valence-electron chi connectivity index (χ2n) is 6.69. The van der Waals surface area contributed by atoms with E-state index in [-0.39, 0.29) is 5.91 Å². The number of aromatic nitrogens is 5. The fourth-order valence-corrected chi connectivity index (χ4v) is 3.61. The standard InChI is InChI=1S/C18H22N6O/c25-18(8-11-24-17-6-2-1-5-16(17)21-22-24)23-10-3-4-14(13-23)12-15-7-9-19-20-15/h1-2,5-7,9,14H,3-4,8,10-13H2,(H,19,20). The number of nitrogens with one attached hydrogen (secondary N) is 1. The molecule has 0 aliphatic carbocycles. The first-order chi connectivity index (χ1) is 12.3. The summed E-state index contributed by atoms with van der Waals surface area (Å²) in [7, 11) is 0. The largest absolute Gasteiger partial charge is 0.342 e. The smallest absolute Gasteiger partial charge is 0.224 e. The molecule has 1 fully saturated rings. The molecule has 130 valence electrons. The fraction of sp³-hybridized carbons (Fsp3) is 0.444. The Morgan fingerprint density at radius 2 is 2.20 bits per heavy atom. The number of likely N-dealkylation sites (tertiary alicyclic amines) is 1. The number of aromatic amines is 1. The molecule has 7 heteroatoms. The van der Waals surface area contributed by atoms with Crippen molar-refractivity contribution < 1.29 is 4.79 Å². The van der Waals surface area contributed by atoms with Crippen molar-refractivity contribution in [1.82, 2.24) is 30.1 Å². The Morgan fingerprint density at radius 1 is 1.28 bits per heavy atom. The van der Waals surface area contributed by atoms with Crippen molar-refractivity contribution in [2.75, 3.05) is 13.1 Å². The van der Waals surface area contributed by atoms with Crippen LogP contribution in [0.4, 0.5) is 0 Å². The Labute approximate surface area is 146 Å². The maximum Gasteiger partial charge on any atom is 0.224 e. The third-order valence-corrected chi connectivity index (χ3v) is 4.90. The Kier molecular flexibility index (Phi) is 4.45. The molecular weight excluding hydrogens is 316 g/mol. The molecule has 1 aliphatic rings. The maximum absolute atomic E-state index is 12.6. The number of hydrogen-bond donors (Lipinski definition) is 1. The molecule has 1 aromatic carbocycles. The van der Waals surface area contributed by atoms with Crippen LogP contribution in [-0.2, 0) is 17.8 Å². The van der Waals surface area contributed by atoms with Crippen LogP contribution in [-0.4, -0.2) is 49.1 Å². The molecule has 0 saturated carbocycles. The van der Waals surface area contributed by atoms with Gasteiger partial charge in [-0.2, -0.15) is 5.10 Å². The lowest BCUT2D eigenvalue weighted by atomic mass is 9.93. The summed E-state index contributed by atoms with van der Waals surface area (Å²) in [4.78, 5) is 14.6. The van der Waals surface area contributed by atoms with Crippen LogP contribution in [0.25, 0.3) is 11.0 Å². The summed E-state index contributed by atoms with van der Waals surface area (Å²) in [6.07, 6.45) is 5.43. The van der Waals surface area contributed by atoms with Crippen molar-refractivity contribution in [3.05, 3.63) is 42.2 Å². The fourth-order valence-electron chi connectivity index (χ4n) is 3.61. The van der Waals surface area contributed by atoms with Crippen LogP contribution >= 0.6 is 0 Å². The third kappa shape index (κ3) is 3.55. The zero-order valence-electron chi connectivity index (χ0n) is 14.1. The molecule has 0 spiro atoms. The van der Waals surface area contributed by atoms with E-state index in [1.54, 1.807) is 6.20 Å². The van der Waals surface area contributed by atoms with Gasteiger partial charge in [0.05, 0.1) is 12.1 Å². The molecule has 4 rings (SSSR count). The van der Waals surface area contributed by atoms with Crippen molar-refractivity contribution in [2.45, 2.75) is 32.2 Å². The van der Waals surface area contributed by atoms with E-state index in [0.717, 1.165) is 49.1 Å². The summed E-state index contributed by atoms with van der Waals surface area (Å²) in [5.41, 5.74) is 2.99. The van der Waals surface area contributed by atoms with E-state index in [2.05, 4.69) is 20.5 Å². The number of rotatable bonds is 5. The van der Waals surface area contributed by atoms with Gasteiger partial charge < -0.3 is 4.90 Å². The first-order valence-electron chi connectivity index (χ1n) is 8.84. The predicted octanol–water partition coefficient (Wildman–Crippen LogP) is 2.03. The summed E-state index contributed by atoms with van der Waals surface area (Å²) in [6.45, 7) is 2.26. The van der Waals surface area contributed by atoms with Crippen LogP contribution in [0.5, 0.6) is 0 Å². The van der Waals surface area contributed by atoms with Crippen molar-refractivity contribution in [2.24, 2.45) is 5.92 Å². The highest BCUT2D eigenvalue weighted by molar-refractivity contribution is 5.77. The van der Waals surface area contributed by atoms with Gasteiger partial charge in [-0.25, -0.2) is 4.68 Å². The Bertz CT molecular complexity index is 840. The Balaban J connectivity index is 1.34. The molecular formula is C18H22N6O. The maximum atomic E-state index is 12.6. The van der Waals surface area contributed by atoms with Gasteiger partial charge in [0.1, 0.15) is 5.52 Å². The lowest BCUT2D eigenvalue weighted by molar-refractivity contribution is -0.133. The van der Waals surface area contributed by atoms with Gasteiger partial charge in [-0.15, -0.1) is 5.10 Å². The highest BCUT2D eigenvalue weighted by Gasteiger charge is 2.24. The molecule has 1 aliphatic heterocycles. The monoisotopic (exact) mass is 338 g/mol. The van der Waals surface area contributed by atoms with Gasteiger partial charge in [-0.3, -0.25) is 9.89 Å². The number of amides is 1. The van der Waals surface area contributed by atoms with E-state index in [0.29, 0.717) is 18.9 Å². The van der Waals surface area contributed by atoms with Crippen LogP contribution in [0.2, 0.25) is 0 Å². The minimum atomic E-state index is 0.203. The van der Waals surface area contributed by atoms with E-state index in [1.807, 2.05) is 39.9 Å². The van der Waals surface area contributed by atoms with E-state index in [9.17, 15) is 4.79 Å². The molecule has 1 N–H and O–H groups in total. The van der Waals surface area contributed by atoms with Gasteiger partial charge in [0, 0.05) is 31.4 Å². The molecule has 2 aromatic heterocycles. The number of nitrogens with zero attached hydrogens (tertiary/aromatic N) is 5. The highest BCUT2D eigenvalue weighted by Crippen LogP contribution is 2.21. The number of aryl methyl sites for hydroxylation is 1. The lowest BCUT2D eigenvalue weighted by Crippen LogP contribution is -2.40. The van der Waals surface area contributed by atoms with Crippen molar-refractivity contribution >= 4 is 16.9 Å². The van der Waals surface area contributed by atoms with Gasteiger partial charge >= 0.3 is 0 Å². The van der Waals surface area contributed by atoms with Crippen LogP contribution in [0.15, 0.2) is 36.5 Å². The van der Waals surface area contributed by atoms with Gasteiger partial charge in [0.15, 0.2) is 0 Å². The number of benzene rings is 1. The summed E-state index contributed by atoms with van der Waals surface area (Å²) in [5, 5.41) is 15.3. The lowest BCUT2D eigenvalue weighted by Gasteiger charge is -2.32. The number of para-hydroxylation sites is 1. The SMILES string of the molecule is O=C(CCn1nnc2ccccc21)N1CCCC(Cc2ccn[nH]2)C1. The molecule has 3 heterocycles. The Morgan fingerprint density at radius 3 is 3.08 bits per heavy atom. The van der Waals surface area contributed by atoms with Crippen LogP contribution in [0.1, 0.15) is 25.0 Å². The van der Waals surface area contributed by atoms with Crippen molar-refractivity contribution in [3.63, 3.8) is 0 Å².